The van der Waals surface area contributed by atoms with Crippen LogP contribution in [0.1, 0.15) is 25.5 Å². The maximum Gasteiger partial charge on any atom is 0.155 e. The van der Waals surface area contributed by atoms with Crippen molar-refractivity contribution >= 4 is 39.1 Å². The number of hydrogen-bond donors (Lipinski definition) is 1. The maximum absolute atomic E-state index is 12.1. The average molecular weight is 409 g/mol. The van der Waals surface area contributed by atoms with Gasteiger partial charge in [0.15, 0.2) is 5.78 Å². The Bertz CT molecular complexity index is 1380. The van der Waals surface area contributed by atoms with Gasteiger partial charge in [-0.1, -0.05) is 30.9 Å². The predicted octanol–water partition coefficient (Wildman–Crippen LogP) is 4.80. The lowest BCUT2D eigenvalue weighted by molar-refractivity contribution is -0.115. The number of anilines is 1. The number of aromatic nitrogens is 4. The quantitative estimate of drug-likeness (QED) is 0.489. The molecule has 0 saturated carbocycles. The number of carbonyl (C=O) groups is 1. The summed E-state index contributed by atoms with van der Waals surface area (Å²) >= 11 is 0. The van der Waals surface area contributed by atoms with Gasteiger partial charge in [0, 0.05) is 35.7 Å². The Balaban J connectivity index is 1.78. The van der Waals surface area contributed by atoms with E-state index < -0.39 is 0 Å². The molecule has 0 spiro atoms. The van der Waals surface area contributed by atoms with Crippen LogP contribution in [0, 0.1) is 5.92 Å². The van der Waals surface area contributed by atoms with E-state index in [0.717, 1.165) is 45.2 Å². The number of benzene rings is 1. The predicted molar refractivity (Wildman–Crippen MR) is 124 cm³/mol. The Morgan fingerprint density at radius 1 is 1.29 bits per heavy atom. The third kappa shape index (κ3) is 3.11. The van der Waals surface area contributed by atoms with Gasteiger partial charge in [0.1, 0.15) is 17.8 Å². The maximum atomic E-state index is 12.1. The number of fused-ring (bicyclic) bond motifs is 4. The summed E-state index contributed by atoms with van der Waals surface area (Å²) in [5.41, 5.74) is 12.4. The number of allylic oxidation sites excluding steroid dienone is 3. The zero-order valence-corrected chi connectivity index (χ0v) is 17.4. The van der Waals surface area contributed by atoms with E-state index in [9.17, 15) is 4.79 Å². The zero-order chi connectivity index (χ0) is 21.5. The summed E-state index contributed by atoms with van der Waals surface area (Å²) in [7, 11) is 0. The molecule has 1 aliphatic heterocycles. The van der Waals surface area contributed by atoms with Crippen LogP contribution in [0.2, 0.25) is 0 Å². The van der Waals surface area contributed by atoms with Crippen LogP contribution >= 0.6 is 0 Å². The molecule has 31 heavy (non-hydrogen) atoms. The third-order valence-corrected chi connectivity index (χ3v) is 6.07. The molecule has 0 fully saturated rings. The lowest BCUT2D eigenvalue weighted by Gasteiger charge is -2.27. The fraction of sp³-hybridized carbons (Fsp3) is 0.200. The second-order valence-corrected chi connectivity index (χ2v) is 7.97. The van der Waals surface area contributed by atoms with Gasteiger partial charge < -0.3 is 10.3 Å². The van der Waals surface area contributed by atoms with Crippen LogP contribution < -0.4 is 5.73 Å². The van der Waals surface area contributed by atoms with Gasteiger partial charge in [0.2, 0.25) is 0 Å². The number of rotatable bonds is 4. The van der Waals surface area contributed by atoms with Crippen LogP contribution in [0.25, 0.3) is 38.6 Å². The molecule has 0 radical (unpaired) electrons. The van der Waals surface area contributed by atoms with Crippen molar-refractivity contribution in [1.82, 2.24) is 19.5 Å². The van der Waals surface area contributed by atoms with Crippen LogP contribution in [0.4, 0.5) is 5.82 Å². The van der Waals surface area contributed by atoms with E-state index in [4.69, 9.17) is 5.73 Å². The minimum absolute atomic E-state index is 0.0634. The number of nitrogens with zero attached hydrogens (tertiary/aromatic N) is 4. The van der Waals surface area contributed by atoms with Crippen molar-refractivity contribution in [2.75, 3.05) is 5.73 Å². The van der Waals surface area contributed by atoms with E-state index in [1.54, 1.807) is 0 Å². The highest BCUT2D eigenvalue weighted by molar-refractivity contribution is 6.07. The van der Waals surface area contributed by atoms with Crippen LogP contribution in [0.5, 0.6) is 0 Å². The second-order valence-electron chi connectivity index (χ2n) is 7.97. The molecular formula is C25H23N5O. The summed E-state index contributed by atoms with van der Waals surface area (Å²) in [6.07, 6.45) is 8.20. The van der Waals surface area contributed by atoms with Crippen molar-refractivity contribution < 1.29 is 4.79 Å². The first-order valence-corrected chi connectivity index (χ1v) is 10.4. The zero-order valence-electron chi connectivity index (χ0n) is 17.4. The van der Waals surface area contributed by atoms with Gasteiger partial charge in [-0.25, -0.2) is 9.97 Å². The van der Waals surface area contributed by atoms with E-state index in [0.29, 0.717) is 18.8 Å². The molecule has 4 aromatic rings. The number of hydrogen-bond acceptors (Lipinski definition) is 5. The van der Waals surface area contributed by atoms with Crippen LogP contribution in [0.15, 0.2) is 61.6 Å². The number of nitrogens with two attached hydrogens (primary N) is 1. The summed E-state index contributed by atoms with van der Waals surface area (Å²) in [5.74, 6) is 0.691. The summed E-state index contributed by atoms with van der Waals surface area (Å²) in [4.78, 5) is 25.6. The number of para-hydroxylation sites is 1. The Kier molecular flexibility index (Phi) is 4.62. The largest absolute Gasteiger partial charge is 0.383 e. The molecular weight excluding hydrogens is 386 g/mol. The molecule has 0 amide bonds. The topological polar surface area (TPSA) is 86.7 Å². The monoisotopic (exact) mass is 409 g/mol. The molecule has 154 valence electrons. The minimum Gasteiger partial charge on any atom is -0.383 e. The van der Waals surface area contributed by atoms with Crippen molar-refractivity contribution in [2.45, 2.75) is 26.3 Å². The summed E-state index contributed by atoms with van der Waals surface area (Å²) in [5, 5.41) is 1.90. The highest BCUT2D eigenvalue weighted by Crippen LogP contribution is 2.45. The smallest absolute Gasteiger partial charge is 0.155 e. The molecule has 1 aliphatic rings. The molecule has 0 bridgehead atoms. The Morgan fingerprint density at radius 3 is 2.94 bits per heavy atom. The lowest BCUT2D eigenvalue weighted by atomic mass is 9.87. The van der Waals surface area contributed by atoms with Crippen molar-refractivity contribution in [3.8, 4) is 11.1 Å². The van der Waals surface area contributed by atoms with Crippen LogP contribution in [0.3, 0.4) is 0 Å². The van der Waals surface area contributed by atoms with Crippen LogP contribution in [-0.4, -0.2) is 25.3 Å². The lowest BCUT2D eigenvalue weighted by Crippen LogP contribution is -2.21. The molecule has 1 atom stereocenters. The molecule has 1 aromatic carbocycles. The van der Waals surface area contributed by atoms with Crippen molar-refractivity contribution in [3.63, 3.8) is 0 Å². The van der Waals surface area contributed by atoms with E-state index in [2.05, 4.69) is 44.3 Å². The molecule has 0 unspecified atom stereocenters. The fourth-order valence-corrected chi connectivity index (χ4v) is 4.68. The van der Waals surface area contributed by atoms with E-state index in [-0.39, 0.29) is 11.7 Å². The first-order valence-electron chi connectivity index (χ1n) is 10.4. The third-order valence-electron chi connectivity index (χ3n) is 6.07. The Labute approximate surface area is 180 Å². The first-order chi connectivity index (χ1) is 15.1. The molecule has 6 heteroatoms. The molecule has 0 saturated heterocycles. The van der Waals surface area contributed by atoms with Gasteiger partial charge >= 0.3 is 0 Å². The van der Waals surface area contributed by atoms with Gasteiger partial charge in [-0.2, -0.15) is 0 Å². The van der Waals surface area contributed by atoms with Gasteiger partial charge in [-0.3, -0.25) is 9.78 Å². The minimum atomic E-state index is 0.0634. The highest BCUT2D eigenvalue weighted by atomic mass is 16.1. The van der Waals surface area contributed by atoms with Gasteiger partial charge in [0.25, 0.3) is 0 Å². The van der Waals surface area contributed by atoms with Crippen LogP contribution in [-0.2, 0) is 11.3 Å². The van der Waals surface area contributed by atoms with Crippen molar-refractivity contribution in [2.24, 2.45) is 5.92 Å². The molecule has 6 nitrogen and oxygen atoms in total. The highest BCUT2D eigenvalue weighted by Gasteiger charge is 2.31. The van der Waals surface area contributed by atoms with Gasteiger partial charge in [-0.05, 0) is 43.0 Å². The Morgan fingerprint density at radius 2 is 2.13 bits per heavy atom. The molecule has 0 aliphatic carbocycles. The first kappa shape index (κ1) is 19.2. The normalized spacial score (nSPS) is 17.2. The van der Waals surface area contributed by atoms with Crippen molar-refractivity contribution in [3.05, 3.63) is 67.3 Å². The van der Waals surface area contributed by atoms with Gasteiger partial charge in [0.05, 0.1) is 16.6 Å². The van der Waals surface area contributed by atoms with Crippen molar-refractivity contribution in [1.29, 1.82) is 0 Å². The SMILES string of the molecule is C=CC(=O)C[C@H]1C/C(=C\C)c2c(-c3cnc4ccccc4c3)c3c(N)ncnc3n2C1. The fourth-order valence-electron chi connectivity index (χ4n) is 4.68. The number of carbonyl (C=O) groups excluding carboxylic acids is 1. The summed E-state index contributed by atoms with van der Waals surface area (Å²) < 4.78 is 2.19. The molecule has 2 N–H and O–H groups in total. The van der Waals surface area contributed by atoms with Gasteiger partial charge in [-0.15, -0.1) is 0 Å². The van der Waals surface area contributed by atoms with E-state index >= 15 is 0 Å². The van der Waals surface area contributed by atoms with E-state index in [1.165, 1.54) is 18.0 Å². The van der Waals surface area contributed by atoms with E-state index in [1.807, 2.05) is 31.3 Å². The summed E-state index contributed by atoms with van der Waals surface area (Å²) in [6, 6.07) is 10.2. The number of pyridine rings is 1. The Hall–Kier alpha value is -3.80. The second kappa shape index (κ2) is 7.47. The number of ketones is 1. The number of nitrogen functional groups attached to an aromatic ring is 1. The standard InChI is InChI=1S/C25H23N5O/c1-3-16-9-15(10-19(31)4-2)13-30-23(16)21(22-24(26)28-14-29-25(22)30)18-11-17-7-5-6-8-20(17)27-12-18/h3-8,11-12,14-15H,2,9-10,13H2,1H3,(H2,26,28,29)/b16-3+/t15-/m1/s1. The molecule has 5 rings (SSSR count). The summed E-state index contributed by atoms with van der Waals surface area (Å²) in [6.45, 7) is 6.35. The molecule has 4 heterocycles. The average Bonchev–Trinajstić information content (AvgIpc) is 3.14. The molecule has 3 aromatic heterocycles.